The lowest BCUT2D eigenvalue weighted by Crippen LogP contribution is -2.13. The number of aromatic nitrogens is 3. The third kappa shape index (κ3) is 14.8. The number of aromatic carboxylic acids is 2. The fraction of sp³-hybridized carbons (Fsp3) is 0.0339. The number of halogens is 6. The molecule has 6 aromatic heterocycles. The summed E-state index contributed by atoms with van der Waals surface area (Å²) in [5.74, 6) is -4.11. The van der Waals surface area contributed by atoms with Crippen LogP contribution >= 0.6 is 117 Å². The number of amides is 2. The highest BCUT2D eigenvalue weighted by atomic mass is 79.9. The Hall–Kier alpha value is -7.84. The summed E-state index contributed by atoms with van der Waals surface area (Å²) >= 11 is 31.4. The van der Waals surface area contributed by atoms with Crippen molar-refractivity contribution in [3.8, 4) is 33.4 Å². The summed E-state index contributed by atoms with van der Waals surface area (Å²) in [5, 5.41) is 32.0. The first-order valence-corrected chi connectivity index (χ1v) is 30.4. The lowest BCUT2D eigenvalue weighted by atomic mass is 10.0. The molecule has 0 radical (unpaired) electrons. The van der Waals surface area contributed by atoms with Gasteiger partial charge in [0.2, 0.25) is 0 Å². The average molecular weight is 1450 g/mol. The van der Waals surface area contributed by atoms with Crippen LogP contribution in [0.15, 0.2) is 170 Å². The molecule has 0 aliphatic rings. The van der Waals surface area contributed by atoms with Gasteiger partial charge in [0, 0.05) is 61.3 Å². The number of benzene rings is 6. The van der Waals surface area contributed by atoms with Crippen molar-refractivity contribution in [3.05, 3.63) is 206 Å². The first kappa shape index (κ1) is 61.7. The van der Waals surface area contributed by atoms with E-state index in [-0.39, 0.29) is 39.8 Å². The van der Waals surface area contributed by atoms with E-state index in [1.165, 1.54) is 36.5 Å². The molecule has 0 saturated heterocycles. The summed E-state index contributed by atoms with van der Waals surface area (Å²) < 4.78 is 18.4. The molecule has 12 rings (SSSR count). The van der Waals surface area contributed by atoms with Crippen LogP contribution in [0.5, 0.6) is 0 Å². The molecule has 0 bridgehead atoms. The summed E-state index contributed by atoms with van der Waals surface area (Å²) in [6.45, 7) is 2.99. The molecule has 0 unspecified atom stereocenters. The first-order chi connectivity index (χ1) is 40.6. The highest BCUT2D eigenvalue weighted by molar-refractivity contribution is 9.11. The Labute approximate surface area is 532 Å². The van der Waals surface area contributed by atoms with Gasteiger partial charge in [-0.25, -0.2) is 24.5 Å². The smallest absolute Gasteiger partial charge is 0.392 e. The number of ketones is 2. The molecule has 0 fully saturated rings. The average Bonchev–Trinajstić information content (AvgIpc) is 4.09. The van der Waals surface area contributed by atoms with Crippen molar-refractivity contribution in [2.45, 2.75) is 13.8 Å². The number of Topliss-reactive ketones (excluding diaryl/α,β-unsaturated/α-hetero) is 2. The molecule has 0 saturated carbocycles. The fourth-order valence-electron chi connectivity index (χ4n) is 8.02. The molecule has 2 amide bonds. The Morgan fingerprint density at radius 2 is 0.788 bits per heavy atom. The molecule has 6 heterocycles. The highest BCUT2D eigenvalue weighted by Crippen LogP contribution is 2.39. The van der Waals surface area contributed by atoms with Gasteiger partial charge >= 0.3 is 29.6 Å². The van der Waals surface area contributed by atoms with Gasteiger partial charge in [0.05, 0.1) is 16.1 Å². The van der Waals surface area contributed by atoms with Gasteiger partial charge in [-0.3, -0.25) is 19.2 Å². The molecule has 17 nitrogen and oxygen atoms in total. The first-order valence-electron chi connectivity index (χ1n) is 24.3. The number of nitrogens with one attached hydrogen (secondary N) is 2. The second-order valence-electron chi connectivity index (χ2n) is 17.6. The summed E-state index contributed by atoms with van der Waals surface area (Å²) in [4.78, 5) is 83.4. The number of nitrogens with zero attached hydrogens (tertiary/aromatic N) is 3. The minimum atomic E-state index is -1.16. The molecular weight excluding hydrogens is 1410 g/mol. The van der Waals surface area contributed by atoms with Gasteiger partial charge in [-0.1, -0.05) is 119 Å². The maximum absolute atomic E-state index is 12.6. The van der Waals surface area contributed by atoms with Crippen LogP contribution in [0.3, 0.4) is 0 Å². The number of nitrogens with two attached hydrogens (primary N) is 1. The molecular formula is C59H36Br3Cl3N6O11S3. The summed E-state index contributed by atoms with van der Waals surface area (Å²) in [6, 6.07) is 37.0. The fourth-order valence-corrected chi connectivity index (χ4v) is 12.3. The van der Waals surface area contributed by atoms with Crippen LogP contribution in [0.25, 0.3) is 66.7 Å². The Balaban J connectivity index is 0.000000142. The van der Waals surface area contributed by atoms with E-state index < -0.39 is 23.8 Å². The second-order valence-corrected chi connectivity index (χ2v) is 24.4. The van der Waals surface area contributed by atoms with Crippen molar-refractivity contribution < 1.29 is 52.2 Å². The minimum Gasteiger partial charge on any atom is -0.478 e. The van der Waals surface area contributed by atoms with E-state index in [0.29, 0.717) is 80.6 Å². The SMILES string of the molecule is CC(=O)c1c(-c2ccc(Cl)cc2)csc1N.CC(=O)c1c(-c2ccc(Cl)cc2)csc1NC(=O)c1nc2cc(Br)ccc2o1.O=C(Nc1scc(-c2ccc(Cl)cc2)c1C(=O)O)c1nc2cc(Br)ccc2o1.O=C(O)c1nc2cc(Br)ccc2o1. The molecule has 0 aliphatic heterocycles. The quantitative estimate of drug-likeness (QED) is 0.0753. The van der Waals surface area contributed by atoms with Crippen molar-refractivity contribution >= 4 is 200 Å². The number of carbonyl (C=O) groups excluding carboxylic acids is 4. The van der Waals surface area contributed by atoms with Crippen LogP contribution in [-0.2, 0) is 0 Å². The normalized spacial score (nSPS) is 10.8. The monoisotopic (exact) mass is 1440 g/mol. The number of rotatable bonds is 11. The van der Waals surface area contributed by atoms with Gasteiger partial charge in [0.25, 0.3) is 11.8 Å². The number of carboxylic acid groups (broad SMARTS) is 2. The van der Waals surface area contributed by atoms with Gasteiger partial charge in [-0.15, -0.1) is 34.0 Å². The maximum atomic E-state index is 12.6. The van der Waals surface area contributed by atoms with Crippen molar-refractivity contribution in [2.24, 2.45) is 0 Å². The Morgan fingerprint density at radius 3 is 1.15 bits per heavy atom. The van der Waals surface area contributed by atoms with Crippen LogP contribution in [0.2, 0.25) is 15.1 Å². The van der Waals surface area contributed by atoms with Crippen LogP contribution in [0, 0.1) is 0 Å². The van der Waals surface area contributed by atoms with Crippen molar-refractivity contribution in [1.29, 1.82) is 0 Å². The summed E-state index contributed by atoms with van der Waals surface area (Å²) in [5.41, 5.74) is 14.5. The zero-order valence-corrected chi connectivity index (χ0v) is 52.8. The molecule has 6 N–H and O–H groups in total. The minimum absolute atomic E-state index is 0.000437. The maximum Gasteiger partial charge on any atom is 0.392 e. The number of oxazole rings is 3. The lowest BCUT2D eigenvalue weighted by molar-refractivity contribution is 0.0653. The molecule has 12 aromatic rings. The molecule has 0 aliphatic carbocycles. The topological polar surface area (TPSA) is 271 Å². The van der Waals surface area contributed by atoms with E-state index in [2.05, 4.69) is 73.4 Å². The Bertz CT molecular complexity index is 4350. The van der Waals surface area contributed by atoms with Gasteiger partial charge in [0.15, 0.2) is 28.3 Å². The van der Waals surface area contributed by atoms with Gasteiger partial charge in [-0.2, -0.15) is 0 Å². The van der Waals surface area contributed by atoms with E-state index in [9.17, 15) is 33.9 Å². The number of thiophene rings is 3. The van der Waals surface area contributed by atoms with E-state index in [4.69, 9.17) is 58.9 Å². The summed E-state index contributed by atoms with van der Waals surface area (Å²) in [6.07, 6.45) is 0. The molecule has 428 valence electrons. The molecule has 85 heavy (non-hydrogen) atoms. The van der Waals surface area contributed by atoms with E-state index >= 15 is 0 Å². The highest BCUT2D eigenvalue weighted by Gasteiger charge is 2.25. The molecule has 0 spiro atoms. The van der Waals surface area contributed by atoms with Gasteiger partial charge in [-0.05, 0) is 122 Å². The lowest BCUT2D eigenvalue weighted by Gasteiger charge is -2.05. The number of carboxylic acids is 2. The zero-order chi connectivity index (χ0) is 60.8. The molecule has 6 aromatic carbocycles. The second kappa shape index (κ2) is 27.0. The van der Waals surface area contributed by atoms with E-state index in [1.54, 1.807) is 109 Å². The number of carbonyl (C=O) groups is 6. The predicted molar refractivity (Wildman–Crippen MR) is 344 cm³/mol. The van der Waals surface area contributed by atoms with Crippen LogP contribution in [0.1, 0.15) is 77.0 Å². The zero-order valence-electron chi connectivity index (χ0n) is 43.3. The molecule has 26 heteroatoms. The number of fused-ring (bicyclic) bond motifs is 3. The molecule has 0 atom stereocenters. The number of hydrogen-bond donors (Lipinski definition) is 5. The number of anilines is 3. The van der Waals surface area contributed by atoms with E-state index in [1.807, 2.05) is 35.0 Å². The van der Waals surface area contributed by atoms with Crippen molar-refractivity contribution in [2.75, 3.05) is 16.4 Å². The third-order valence-corrected chi connectivity index (χ3v) is 16.7. The Morgan fingerprint density at radius 1 is 0.459 bits per heavy atom. The number of hydrogen-bond acceptors (Lipinski definition) is 16. The van der Waals surface area contributed by atoms with E-state index in [0.717, 1.165) is 47.0 Å². The van der Waals surface area contributed by atoms with Gasteiger partial charge in [0.1, 0.15) is 32.1 Å². The van der Waals surface area contributed by atoms with Crippen LogP contribution < -0.4 is 16.4 Å². The third-order valence-electron chi connectivity index (χ3n) is 11.9. The van der Waals surface area contributed by atoms with Crippen molar-refractivity contribution in [1.82, 2.24) is 15.0 Å². The van der Waals surface area contributed by atoms with Crippen LogP contribution in [-0.4, -0.2) is 60.5 Å². The van der Waals surface area contributed by atoms with Gasteiger partial charge < -0.3 is 39.8 Å². The largest absolute Gasteiger partial charge is 0.478 e. The predicted octanol–water partition coefficient (Wildman–Crippen LogP) is 18.5. The van der Waals surface area contributed by atoms with Crippen LogP contribution in [0.4, 0.5) is 15.0 Å². The Kier molecular flexibility index (Phi) is 19.6. The van der Waals surface area contributed by atoms with Crippen molar-refractivity contribution in [3.63, 3.8) is 0 Å². The standard InChI is InChI=1S/C20H12BrClN2O3S.C19H10BrClN2O4S.C12H10ClNOS.C8H4BrNO3/c1-10(25)17-14(11-2-5-13(22)6-3-11)9-28-20(17)24-18(26)19-23-15-8-12(21)4-7-16(15)27-19;20-10-3-6-14-13(7-10)22-17(27-14)16(24)23-18-15(19(25)26)12(8-28-18)9-1-4-11(21)5-2-9;1-7(15)11-10(6-16-12(11)14)8-2-4-9(13)5-3-8;9-4-1-2-6-5(3-4)10-7(13-6)8(11)12/h2-9H,1H3,(H,24,26);1-8H,(H,23,24)(H,25,26);2-6H,14H2,1H3;1-3H,(H,11,12). The number of nitrogen functional groups attached to an aromatic ring is 1. The summed E-state index contributed by atoms with van der Waals surface area (Å²) in [7, 11) is 0.